The average Bonchev–Trinajstić information content (AvgIpc) is 3.07. The quantitative estimate of drug-likeness (QED) is 0.214. The van der Waals surface area contributed by atoms with Crippen molar-refractivity contribution in [2.45, 2.75) is 0 Å². The molecule has 0 atom stereocenters. The summed E-state index contributed by atoms with van der Waals surface area (Å²) in [6.07, 6.45) is 0. The van der Waals surface area contributed by atoms with Crippen LogP contribution in [0.25, 0.3) is 44.6 Å². The summed E-state index contributed by atoms with van der Waals surface area (Å²) < 4.78 is 0. The lowest BCUT2D eigenvalue weighted by Crippen LogP contribution is -2.40. The number of nitrogens with zero attached hydrogens (tertiary/aromatic N) is 10. The molecule has 44 heavy (non-hydrogen) atoms. The number of piperazine rings is 1. The summed E-state index contributed by atoms with van der Waals surface area (Å²) in [5, 5.41) is 23.6. The molecule has 4 aromatic carbocycles. The summed E-state index contributed by atoms with van der Waals surface area (Å²) in [5.74, 6) is 1.88. The van der Waals surface area contributed by atoms with E-state index in [-0.39, 0.29) is 0 Å². The van der Waals surface area contributed by atoms with Gasteiger partial charge in [-0.15, -0.1) is 10.2 Å². The minimum Gasteiger partial charge on any atom is -0.383 e. The van der Waals surface area contributed by atoms with Gasteiger partial charge in [0.05, 0.1) is 48.6 Å². The molecule has 3 heterocycles. The van der Waals surface area contributed by atoms with Crippen molar-refractivity contribution in [1.29, 1.82) is 0 Å². The van der Waals surface area contributed by atoms with Crippen molar-refractivity contribution in [2.24, 2.45) is 20.7 Å². The highest BCUT2D eigenvalue weighted by molar-refractivity contribution is 5.91. The third-order valence-electron chi connectivity index (χ3n) is 7.35. The molecule has 1 aliphatic rings. The Labute approximate surface area is 252 Å². The zero-order valence-corrected chi connectivity index (χ0v) is 23.7. The molecule has 0 unspecified atom stereocenters. The van der Waals surface area contributed by atoms with Crippen molar-refractivity contribution in [3.63, 3.8) is 0 Å². The Morgan fingerprint density at radius 1 is 0.477 bits per heavy atom. The van der Waals surface area contributed by atoms with Gasteiger partial charge in [0.1, 0.15) is 11.6 Å². The van der Waals surface area contributed by atoms with E-state index in [2.05, 4.69) is 30.6 Å². The van der Waals surface area contributed by atoms with Gasteiger partial charge < -0.3 is 11.5 Å². The number of nitrogens with two attached hydrogens (primary N) is 2. The Morgan fingerprint density at radius 3 is 1.32 bits per heavy atom. The molecule has 12 nitrogen and oxygen atoms in total. The zero-order chi connectivity index (χ0) is 29.9. The Balaban J connectivity index is 1.04. The van der Waals surface area contributed by atoms with E-state index in [1.54, 1.807) is 0 Å². The van der Waals surface area contributed by atoms with Crippen LogP contribution >= 0.6 is 0 Å². The number of para-hydroxylation sites is 2. The maximum absolute atomic E-state index is 6.23. The van der Waals surface area contributed by atoms with E-state index in [0.717, 1.165) is 32.9 Å². The summed E-state index contributed by atoms with van der Waals surface area (Å²) in [7, 11) is 0. The van der Waals surface area contributed by atoms with Gasteiger partial charge >= 0.3 is 0 Å². The van der Waals surface area contributed by atoms with Crippen LogP contribution in [-0.4, -0.2) is 56.1 Å². The fraction of sp³-hybridized carbons (Fsp3) is 0.125. The van der Waals surface area contributed by atoms with Gasteiger partial charge in [0, 0.05) is 21.9 Å². The molecule has 216 valence electrons. The number of anilines is 2. The number of fused-ring (bicyclic) bond motifs is 2. The van der Waals surface area contributed by atoms with Crippen molar-refractivity contribution in [3.8, 4) is 22.8 Å². The second kappa shape index (κ2) is 11.7. The Morgan fingerprint density at radius 2 is 0.864 bits per heavy atom. The largest absolute Gasteiger partial charge is 0.383 e. The standard InChI is InChI=1S/C32H28N12/c33-29-21-9-1-5-13-25(21)35-31(37-29)23-11-3-7-15-27(23)39-41-43-17-19-44(20-18-43)42-40-28-16-8-4-12-24(28)32-36-26-14-6-2-10-22(26)30(34)38-32/h1-16H,17-20H2,(H2,33,35,37)(H2,34,36,38). The van der Waals surface area contributed by atoms with E-state index in [4.69, 9.17) is 21.4 Å². The Bertz CT molecular complexity index is 1890. The van der Waals surface area contributed by atoms with Crippen LogP contribution in [0.5, 0.6) is 0 Å². The third-order valence-corrected chi connectivity index (χ3v) is 7.35. The molecule has 6 aromatic rings. The number of hydrogen-bond donors (Lipinski definition) is 2. The predicted molar refractivity (Wildman–Crippen MR) is 171 cm³/mol. The van der Waals surface area contributed by atoms with Gasteiger partial charge in [0.15, 0.2) is 11.6 Å². The van der Waals surface area contributed by atoms with Crippen LogP contribution in [-0.2, 0) is 0 Å². The fourth-order valence-corrected chi connectivity index (χ4v) is 5.03. The van der Waals surface area contributed by atoms with Gasteiger partial charge in [-0.2, -0.15) is 0 Å². The summed E-state index contributed by atoms with van der Waals surface area (Å²) in [6, 6.07) is 30.7. The first-order chi connectivity index (χ1) is 21.6. The van der Waals surface area contributed by atoms with E-state index in [1.807, 2.05) is 107 Å². The molecule has 0 spiro atoms. The van der Waals surface area contributed by atoms with Crippen molar-refractivity contribution < 1.29 is 0 Å². The smallest absolute Gasteiger partial charge is 0.164 e. The van der Waals surface area contributed by atoms with E-state index in [1.165, 1.54) is 0 Å². The maximum Gasteiger partial charge on any atom is 0.164 e. The first-order valence-electron chi connectivity index (χ1n) is 14.2. The maximum atomic E-state index is 6.23. The predicted octanol–water partition coefficient (Wildman–Crippen LogP) is 6.39. The van der Waals surface area contributed by atoms with Crippen LogP contribution in [0, 0.1) is 0 Å². The first-order valence-corrected chi connectivity index (χ1v) is 14.2. The molecule has 0 radical (unpaired) electrons. The minimum atomic E-state index is 0.430. The number of benzene rings is 4. The summed E-state index contributed by atoms with van der Waals surface area (Å²) in [4.78, 5) is 18.5. The number of aromatic nitrogens is 4. The van der Waals surface area contributed by atoms with Gasteiger partial charge in [0.25, 0.3) is 0 Å². The van der Waals surface area contributed by atoms with E-state index < -0.39 is 0 Å². The molecule has 4 N–H and O–H groups in total. The summed E-state index contributed by atoms with van der Waals surface area (Å²) in [5.41, 5.74) is 16.9. The van der Waals surface area contributed by atoms with Crippen LogP contribution in [0.15, 0.2) is 118 Å². The van der Waals surface area contributed by atoms with Crippen LogP contribution in [0.1, 0.15) is 0 Å². The van der Waals surface area contributed by atoms with Crippen molar-refractivity contribution in [2.75, 3.05) is 37.6 Å². The van der Waals surface area contributed by atoms with Gasteiger partial charge in [-0.05, 0) is 48.5 Å². The number of rotatable bonds is 6. The minimum absolute atomic E-state index is 0.430. The molecular formula is C32H28N12. The van der Waals surface area contributed by atoms with Crippen LogP contribution in [0.2, 0.25) is 0 Å². The highest BCUT2D eigenvalue weighted by Crippen LogP contribution is 2.32. The Hall–Kier alpha value is -6.04. The lowest BCUT2D eigenvalue weighted by molar-refractivity contribution is 0.126. The molecule has 0 aliphatic carbocycles. The molecule has 0 amide bonds. The fourth-order valence-electron chi connectivity index (χ4n) is 5.03. The first kappa shape index (κ1) is 26.8. The van der Waals surface area contributed by atoms with E-state index in [9.17, 15) is 0 Å². The topological polar surface area (TPSA) is 160 Å². The van der Waals surface area contributed by atoms with E-state index in [0.29, 0.717) is 60.8 Å². The molecule has 1 saturated heterocycles. The molecule has 12 heteroatoms. The van der Waals surface area contributed by atoms with Crippen molar-refractivity contribution >= 4 is 44.8 Å². The van der Waals surface area contributed by atoms with Gasteiger partial charge in [-0.1, -0.05) is 59.0 Å². The van der Waals surface area contributed by atoms with Crippen molar-refractivity contribution in [3.05, 3.63) is 97.1 Å². The average molecular weight is 581 g/mol. The summed E-state index contributed by atoms with van der Waals surface area (Å²) >= 11 is 0. The third kappa shape index (κ3) is 5.43. The second-order valence-corrected chi connectivity index (χ2v) is 10.2. The number of nitrogen functional groups attached to an aromatic ring is 2. The van der Waals surface area contributed by atoms with Gasteiger partial charge in [0.2, 0.25) is 0 Å². The second-order valence-electron chi connectivity index (χ2n) is 10.2. The monoisotopic (exact) mass is 580 g/mol. The SMILES string of the molecule is Nc1nc(-c2ccccc2N=NN2CCN(N=Nc3ccccc3-c3nc(N)c4ccccc4n3)CC2)nc2ccccc12. The lowest BCUT2D eigenvalue weighted by Gasteiger charge is -2.29. The molecular weight excluding hydrogens is 552 g/mol. The Kier molecular flexibility index (Phi) is 7.12. The van der Waals surface area contributed by atoms with E-state index >= 15 is 0 Å². The number of hydrogen-bond acceptors (Lipinski definition) is 10. The molecule has 7 rings (SSSR count). The molecule has 1 fully saturated rings. The van der Waals surface area contributed by atoms with Gasteiger partial charge in [-0.25, -0.2) is 19.9 Å². The van der Waals surface area contributed by atoms with Crippen molar-refractivity contribution in [1.82, 2.24) is 30.0 Å². The lowest BCUT2D eigenvalue weighted by atomic mass is 10.1. The zero-order valence-electron chi connectivity index (χ0n) is 23.7. The van der Waals surface area contributed by atoms with Crippen LogP contribution < -0.4 is 11.5 Å². The molecule has 2 aromatic heterocycles. The van der Waals surface area contributed by atoms with Gasteiger partial charge in [-0.3, -0.25) is 10.0 Å². The highest BCUT2D eigenvalue weighted by Gasteiger charge is 2.17. The van der Waals surface area contributed by atoms with Crippen LogP contribution in [0.3, 0.4) is 0 Å². The molecule has 0 bridgehead atoms. The molecule has 0 saturated carbocycles. The normalized spacial score (nSPS) is 13.9. The summed E-state index contributed by atoms with van der Waals surface area (Å²) in [6.45, 7) is 2.54. The molecule has 1 aliphatic heterocycles. The highest BCUT2D eigenvalue weighted by atomic mass is 15.6. The van der Waals surface area contributed by atoms with Crippen LogP contribution in [0.4, 0.5) is 23.0 Å².